The number of para-hydroxylation sites is 1. The standard InChI is InChI=1S/C11H15FN2O2/c1-2-14-10(15)7-13-6-8-4-3-5-9(12)11(8)16/h3-5,13,16H,2,6-7H2,1H3,(H,14,15). The highest BCUT2D eigenvalue weighted by Gasteiger charge is 2.06. The molecule has 1 aromatic carbocycles. The SMILES string of the molecule is CCNC(=O)CNCc1cccc(F)c1O. The predicted molar refractivity (Wildman–Crippen MR) is 58.5 cm³/mol. The van der Waals surface area contributed by atoms with Crippen molar-refractivity contribution in [3.05, 3.63) is 29.6 Å². The van der Waals surface area contributed by atoms with Gasteiger partial charge < -0.3 is 15.7 Å². The van der Waals surface area contributed by atoms with E-state index in [9.17, 15) is 14.3 Å². The van der Waals surface area contributed by atoms with Crippen LogP contribution >= 0.6 is 0 Å². The number of carbonyl (C=O) groups excluding carboxylic acids is 1. The van der Waals surface area contributed by atoms with E-state index < -0.39 is 5.82 Å². The van der Waals surface area contributed by atoms with E-state index in [0.717, 1.165) is 0 Å². The second-order valence-electron chi connectivity index (χ2n) is 3.30. The van der Waals surface area contributed by atoms with Crippen molar-refractivity contribution in [3.8, 4) is 5.75 Å². The maximum absolute atomic E-state index is 12.9. The van der Waals surface area contributed by atoms with Crippen LogP contribution in [0.25, 0.3) is 0 Å². The van der Waals surface area contributed by atoms with E-state index >= 15 is 0 Å². The van der Waals surface area contributed by atoms with Crippen LogP contribution in [0.1, 0.15) is 12.5 Å². The minimum Gasteiger partial charge on any atom is -0.505 e. The first-order valence-electron chi connectivity index (χ1n) is 5.09. The Morgan fingerprint density at radius 1 is 1.50 bits per heavy atom. The van der Waals surface area contributed by atoms with Gasteiger partial charge in [0.05, 0.1) is 6.54 Å². The van der Waals surface area contributed by atoms with Crippen molar-refractivity contribution in [1.82, 2.24) is 10.6 Å². The van der Waals surface area contributed by atoms with Crippen molar-refractivity contribution in [1.29, 1.82) is 0 Å². The highest BCUT2D eigenvalue weighted by Crippen LogP contribution is 2.19. The lowest BCUT2D eigenvalue weighted by atomic mass is 10.2. The van der Waals surface area contributed by atoms with E-state index in [0.29, 0.717) is 12.1 Å². The van der Waals surface area contributed by atoms with E-state index in [1.54, 1.807) is 6.07 Å². The molecular formula is C11H15FN2O2. The molecule has 0 radical (unpaired) electrons. The van der Waals surface area contributed by atoms with Gasteiger partial charge in [-0.25, -0.2) is 4.39 Å². The molecule has 16 heavy (non-hydrogen) atoms. The van der Waals surface area contributed by atoms with Gasteiger partial charge in [0.25, 0.3) is 0 Å². The molecule has 0 fully saturated rings. The second kappa shape index (κ2) is 6.07. The van der Waals surface area contributed by atoms with Crippen molar-refractivity contribution in [3.63, 3.8) is 0 Å². The number of hydrogen-bond acceptors (Lipinski definition) is 3. The molecule has 88 valence electrons. The van der Waals surface area contributed by atoms with Crippen LogP contribution in [0.3, 0.4) is 0 Å². The van der Waals surface area contributed by atoms with Crippen LogP contribution < -0.4 is 10.6 Å². The fourth-order valence-corrected chi connectivity index (χ4v) is 1.27. The largest absolute Gasteiger partial charge is 0.505 e. The Morgan fingerprint density at radius 2 is 2.25 bits per heavy atom. The van der Waals surface area contributed by atoms with Crippen molar-refractivity contribution < 1.29 is 14.3 Å². The Kier molecular flexibility index (Phi) is 4.72. The number of amides is 1. The zero-order chi connectivity index (χ0) is 12.0. The number of benzene rings is 1. The van der Waals surface area contributed by atoms with Gasteiger partial charge in [-0.3, -0.25) is 4.79 Å². The molecule has 0 saturated carbocycles. The molecule has 0 aliphatic rings. The van der Waals surface area contributed by atoms with Gasteiger partial charge in [-0.05, 0) is 13.0 Å². The maximum Gasteiger partial charge on any atom is 0.233 e. The first kappa shape index (κ1) is 12.4. The number of carbonyl (C=O) groups is 1. The van der Waals surface area contributed by atoms with Gasteiger partial charge in [-0.2, -0.15) is 0 Å². The van der Waals surface area contributed by atoms with E-state index in [1.807, 2.05) is 6.92 Å². The third-order valence-corrected chi connectivity index (χ3v) is 2.05. The number of rotatable bonds is 5. The summed E-state index contributed by atoms with van der Waals surface area (Å²) in [5.74, 6) is -1.15. The smallest absolute Gasteiger partial charge is 0.233 e. The Morgan fingerprint density at radius 3 is 2.94 bits per heavy atom. The number of halogens is 1. The van der Waals surface area contributed by atoms with Gasteiger partial charge in [0, 0.05) is 18.7 Å². The first-order valence-corrected chi connectivity index (χ1v) is 5.09. The first-order chi connectivity index (χ1) is 7.65. The third-order valence-electron chi connectivity index (χ3n) is 2.05. The fourth-order valence-electron chi connectivity index (χ4n) is 1.27. The second-order valence-corrected chi connectivity index (χ2v) is 3.30. The van der Waals surface area contributed by atoms with Crippen molar-refractivity contribution in [2.75, 3.05) is 13.1 Å². The van der Waals surface area contributed by atoms with Gasteiger partial charge in [0.1, 0.15) is 0 Å². The van der Waals surface area contributed by atoms with Gasteiger partial charge in [-0.1, -0.05) is 12.1 Å². The van der Waals surface area contributed by atoms with Crippen LogP contribution in [0.2, 0.25) is 0 Å². The van der Waals surface area contributed by atoms with Gasteiger partial charge in [0.2, 0.25) is 5.91 Å². The molecule has 0 heterocycles. The summed E-state index contributed by atoms with van der Waals surface area (Å²) in [6, 6.07) is 4.30. The molecule has 0 spiro atoms. The van der Waals surface area contributed by atoms with Crippen LogP contribution in [0.5, 0.6) is 5.75 Å². The Labute approximate surface area is 93.5 Å². The Hall–Kier alpha value is -1.62. The summed E-state index contributed by atoms with van der Waals surface area (Å²) in [5.41, 5.74) is 0.435. The molecule has 0 bridgehead atoms. The number of phenols is 1. The fraction of sp³-hybridized carbons (Fsp3) is 0.364. The number of nitrogens with one attached hydrogen (secondary N) is 2. The number of phenolic OH excluding ortho intramolecular Hbond substituents is 1. The molecule has 0 unspecified atom stereocenters. The molecule has 3 N–H and O–H groups in total. The Balaban J connectivity index is 2.43. The van der Waals surface area contributed by atoms with Crippen LogP contribution in [0.4, 0.5) is 4.39 Å². The molecule has 0 aromatic heterocycles. The highest BCUT2D eigenvalue weighted by atomic mass is 19.1. The number of hydrogen-bond donors (Lipinski definition) is 3. The summed E-state index contributed by atoms with van der Waals surface area (Å²) < 4.78 is 12.9. The van der Waals surface area contributed by atoms with E-state index in [1.165, 1.54) is 12.1 Å². The highest BCUT2D eigenvalue weighted by molar-refractivity contribution is 5.77. The summed E-state index contributed by atoms with van der Waals surface area (Å²) in [6.07, 6.45) is 0. The summed E-state index contributed by atoms with van der Waals surface area (Å²) in [4.78, 5) is 11.1. The van der Waals surface area contributed by atoms with E-state index in [-0.39, 0.29) is 24.7 Å². The zero-order valence-corrected chi connectivity index (χ0v) is 9.09. The van der Waals surface area contributed by atoms with Crippen molar-refractivity contribution in [2.45, 2.75) is 13.5 Å². The molecule has 0 saturated heterocycles. The minimum absolute atomic E-state index is 0.126. The summed E-state index contributed by atoms with van der Waals surface area (Å²) >= 11 is 0. The quantitative estimate of drug-likeness (QED) is 0.694. The summed E-state index contributed by atoms with van der Waals surface area (Å²) in [7, 11) is 0. The average molecular weight is 226 g/mol. The molecule has 4 nitrogen and oxygen atoms in total. The van der Waals surface area contributed by atoms with E-state index in [2.05, 4.69) is 10.6 Å². The molecule has 0 atom stereocenters. The molecule has 0 aliphatic carbocycles. The number of aromatic hydroxyl groups is 1. The van der Waals surface area contributed by atoms with Crippen molar-refractivity contribution in [2.24, 2.45) is 0 Å². The topological polar surface area (TPSA) is 61.4 Å². The summed E-state index contributed by atoms with van der Waals surface area (Å²) in [6.45, 7) is 2.80. The average Bonchev–Trinajstić information content (AvgIpc) is 2.25. The molecule has 0 aliphatic heterocycles. The predicted octanol–water partition coefficient (Wildman–Crippen LogP) is 0.757. The monoisotopic (exact) mass is 226 g/mol. The maximum atomic E-state index is 12.9. The lowest BCUT2D eigenvalue weighted by Crippen LogP contribution is -2.33. The van der Waals surface area contributed by atoms with Crippen molar-refractivity contribution >= 4 is 5.91 Å². The van der Waals surface area contributed by atoms with Crippen LogP contribution in [-0.2, 0) is 11.3 Å². The zero-order valence-electron chi connectivity index (χ0n) is 9.09. The lowest BCUT2D eigenvalue weighted by Gasteiger charge is -2.07. The molecule has 5 heteroatoms. The normalized spacial score (nSPS) is 10.1. The summed E-state index contributed by atoms with van der Waals surface area (Å²) in [5, 5.41) is 14.8. The van der Waals surface area contributed by atoms with E-state index in [4.69, 9.17) is 0 Å². The molecule has 1 rings (SSSR count). The molecule has 1 amide bonds. The Bertz CT molecular complexity index is 369. The van der Waals surface area contributed by atoms with Crippen LogP contribution in [-0.4, -0.2) is 24.1 Å². The molecule has 1 aromatic rings. The van der Waals surface area contributed by atoms with Gasteiger partial charge in [-0.15, -0.1) is 0 Å². The minimum atomic E-state index is -0.655. The van der Waals surface area contributed by atoms with Crippen LogP contribution in [0, 0.1) is 5.82 Å². The third kappa shape index (κ3) is 3.51. The number of likely N-dealkylation sites (N-methyl/N-ethyl adjacent to an activating group) is 1. The lowest BCUT2D eigenvalue weighted by molar-refractivity contribution is -0.120. The van der Waals surface area contributed by atoms with Gasteiger partial charge >= 0.3 is 0 Å². The van der Waals surface area contributed by atoms with Gasteiger partial charge in [0.15, 0.2) is 11.6 Å². The molecular weight excluding hydrogens is 211 g/mol. The van der Waals surface area contributed by atoms with Crippen LogP contribution in [0.15, 0.2) is 18.2 Å².